The second-order valence-corrected chi connectivity index (χ2v) is 7.45. The van der Waals surface area contributed by atoms with Crippen LogP contribution in [0.4, 0.5) is 5.69 Å². The van der Waals surface area contributed by atoms with Crippen molar-refractivity contribution in [1.29, 1.82) is 0 Å². The maximum Gasteiger partial charge on any atom is 0.234 e. The minimum atomic E-state index is -0.102. The summed E-state index contributed by atoms with van der Waals surface area (Å²) in [6.07, 6.45) is 0. The van der Waals surface area contributed by atoms with Crippen LogP contribution in [0.5, 0.6) is 5.75 Å². The molecule has 3 heterocycles. The van der Waals surface area contributed by atoms with Gasteiger partial charge in [-0.25, -0.2) is 0 Å². The van der Waals surface area contributed by atoms with Crippen molar-refractivity contribution >= 4 is 40.3 Å². The van der Waals surface area contributed by atoms with Gasteiger partial charge in [0.1, 0.15) is 10.8 Å². The van der Waals surface area contributed by atoms with Gasteiger partial charge in [-0.3, -0.25) is 4.79 Å². The van der Waals surface area contributed by atoms with Gasteiger partial charge < -0.3 is 10.1 Å². The number of benzene rings is 1. The van der Waals surface area contributed by atoms with E-state index in [1.807, 2.05) is 29.6 Å². The Bertz CT molecular complexity index is 1060. The first-order valence-electron chi connectivity index (χ1n) is 8.06. The molecule has 0 aliphatic carbocycles. The maximum atomic E-state index is 12.2. The first-order valence-corrected chi connectivity index (χ1v) is 9.92. The molecule has 9 heteroatoms. The van der Waals surface area contributed by atoms with Crippen LogP contribution in [0.15, 0.2) is 58.9 Å². The van der Waals surface area contributed by atoms with E-state index in [-0.39, 0.29) is 11.7 Å². The van der Waals surface area contributed by atoms with E-state index >= 15 is 0 Å². The van der Waals surface area contributed by atoms with Crippen LogP contribution in [0, 0.1) is 0 Å². The molecular weight excluding hydrogens is 382 g/mol. The minimum absolute atomic E-state index is 0.102. The highest BCUT2D eigenvalue weighted by Crippen LogP contribution is 2.24. The lowest BCUT2D eigenvalue weighted by Crippen LogP contribution is -2.14. The second-order valence-electron chi connectivity index (χ2n) is 5.51. The zero-order chi connectivity index (χ0) is 18.6. The summed E-state index contributed by atoms with van der Waals surface area (Å²) < 4.78 is 6.81. The van der Waals surface area contributed by atoms with Crippen molar-refractivity contribution in [3.05, 3.63) is 53.9 Å². The number of carbonyl (C=O) groups is 1. The average molecular weight is 397 g/mol. The number of nitrogens with zero attached hydrogens (tertiary/aromatic N) is 4. The molecule has 7 nitrogen and oxygen atoms in total. The number of nitrogens with one attached hydrogen (secondary N) is 1. The summed E-state index contributed by atoms with van der Waals surface area (Å²) >= 11 is 2.94. The molecule has 0 aliphatic rings. The monoisotopic (exact) mass is 397 g/mol. The number of thioether (sulfide) groups is 1. The Morgan fingerprint density at radius 1 is 1.19 bits per heavy atom. The molecule has 0 bridgehead atoms. The molecule has 4 aromatic rings. The van der Waals surface area contributed by atoms with Crippen LogP contribution in [0.2, 0.25) is 0 Å². The summed E-state index contributed by atoms with van der Waals surface area (Å²) in [4.78, 5) is 13.2. The molecule has 0 saturated heterocycles. The Balaban J connectivity index is 1.43. The molecule has 1 aromatic carbocycles. The molecule has 3 aromatic heterocycles. The number of methoxy groups -OCH3 is 1. The van der Waals surface area contributed by atoms with Gasteiger partial charge in [-0.15, -0.1) is 21.5 Å². The van der Waals surface area contributed by atoms with Crippen LogP contribution in [0.25, 0.3) is 16.3 Å². The van der Waals surface area contributed by atoms with Crippen molar-refractivity contribution in [3.8, 4) is 16.5 Å². The highest BCUT2D eigenvalue weighted by atomic mass is 32.2. The number of aromatic nitrogens is 4. The summed E-state index contributed by atoms with van der Waals surface area (Å²) in [6.45, 7) is 0. The molecular formula is C18H15N5O2S2. The fraction of sp³-hybridized carbons (Fsp3) is 0.111. The lowest BCUT2D eigenvalue weighted by atomic mass is 10.3. The third-order valence-corrected chi connectivity index (χ3v) is 5.49. The molecule has 1 amide bonds. The van der Waals surface area contributed by atoms with Crippen molar-refractivity contribution in [2.75, 3.05) is 18.2 Å². The van der Waals surface area contributed by atoms with E-state index in [0.29, 0.717) is 11.5 Å². The van der Waals surface area contributed by atoms with Crippen LogP contribution < -0.4 is 10.1 Å². The zero-order valence-electron chi connectivity index (χ0n) is 14.3. The quantitative estimate of drug-likeness (QED) is 0.501. The summed E-state index contributed by atoms with van der Waals surface area (Å²) in [5, 5.41) is 18.5. The summed E-state index contributed by atoms with van der Waals surface area (Å²) in [7, 11) is 1.60. The van der Waals surface area contributed by atoms with Crippen LogP contribution >= 0.6 is 23.1 Å². The standard InChI is InChI=1S/C18H15N5O2S2/c1-25-13-6-4-12(5-7-13)19-16(24)11-27-17-9-8-15-20-21-18(23(15)22-17)14-3-2-10-26-14/h2-10H,11H2,1H3,(H,19,24). The van der Waals surface area contributed by atoms with Gasteiger partial charge in [0.25, 0.3) is 0 Å². The van der Waals surface area contributed by atoms with Gasteiger partial charge in [0.15, 0.2) is 11.5 Å². The molecule has 0 aliphatic heterocycles. The fourth-order valence-electron chi connectivity index (χ4n) is 2.42. The summed E-state index contributed by atoms with van der Waals surface area (Å²) in [6, 6.07) is 14.8. The molecule has 0 unspecified atom stereocenters. The first-order chi connectivity index (χ1) is 13.2. The Kier molecular flexibility index (Phi) is 5.03. The molecule has 27 heavy (non-hydrogen) atoms. The van der Waals surface area contributed by atoms with E-state index < -0.39 is 0 Å². The maximum absolute atomic E-state index is 12.2. The van der Waals surface area contributed by atoms with E-state index in [4.69, 9.17) is 4.74 Å². The molecule has 0 fully saturated rings. The molecule has 0 atom stereocenters. The molecule has 0 saturated carbocycles. The number of anilines is 1. The molecule has 0 radical (unpaired) electrons. The topological polar surface area (TPSA) is 81.4 Å². The van der Waals surface area contributed by atoms with Gasteiger partial charge in [-0.1, -0.05) is 17.8 Å². The number of rotatable bonds is 6. The van der Waals surface area contributed by atoms with Gasteiger partial charge >= 0.3 is 0 Å². The lowest BCUT2D eigenvalue weighted by Gasteiger charge is -2.06. The first kappa shape index (κ1) is 17.5. The smallest absolute Gasteiger partial charge is 0.234 e. The SMILES string of the molecule is COc1ccc(NC(=O)CSc2ccc3nnc(-c4cccs4)n3n2)cc1. The Hall–Kier alpha value is -2.91. The number of thiophene rings is 1. The molecule has 136 valence electrons. The van der Waals surface area contributed by atoms with Crippen LogP contribution in [-0.2, 0) is 4.79 Å². The predicted octanol–water partition coefficient (Wildman–Crippen LogP) is 3.59. The predicted molar refractivity (Wildman–Crippen MR) is 106 cm³/mol. The van der Waals surface area contributed by atoms with Crippen molar-refractivity contribution in [3.63, 3.8) is 0 Å². The number of hydrogen-bond donors (Lipinski definition) is 1. The highest BCUT2D eigenvalue weighted by Gasteiger charge is 2.12. The molecule has 4 rings (SSSR count). The fourth-order valence-corrected chi connectivity index (χ4v) is 3.77. The van der Waals surface area contributed by atoms with Crippen LogP contribution in [0.3, 0.4) is 0 Å². The number of ether oxygens (including phenoxy) is 1. The van der Waals surface area contributed by atoms with Gasteiger partial charge in [0, 0.05) is 5.69 Å². The van der Waals surface area contributed by atoms with E-state index in [1.165, 1.54) is 11.8 Å². The third kappa shape index (κ3) is 3.93. The van der Waals surface area contributed by atoms with Crippen LogP contribution in [-0.4, -0.2) is 38.6 Å². The highest BCUT2D eigenvalue weighted by molar-refractivity contribution is 7.99. The van der Waals surface area contributed by atoms with Crippen molar-refractivity contribution < 1.29 is 9.53 Å². The molecule has 0 spiro atoms. The van der Waals surface area contributed by atoms with E-state index in [0.717, 1.165) is 21.3 Å². The zero-order valence-corrected chi connectivity index (χ0v) is 16.0. The Labute approximate surface area is 163 Å². The number of amides is 1. The van der Waals surface area contributed by atoms with Gasteiger partial charge in [0.05, 0.1) is 17.7 Å². The Morgan fingerprint density at radius 2 is 2.04 bits per heavy atom. The van der Waals surface area contributed by atoms with Gasteiger partial charge in [-0.05, 0) is 47.8 Å². The summed E-state index contributed by atoms with van der Waals surface area (Å²) in [5.41, 5.74) is 1.40. The van der Waals surface area contributed by atoms with E-state index in [9.17, 15) is 4.79 Å². The normalized spacial score (nSPS) is 10.9. The minimum Gasteiger partial charge on any atom is -0.497 e. The van der Waals surface area contributed by atoms with E-state index in [1.54, 1.807) is 47.2 Å². The number of carbonyl (C=O) groups excluding carboxylic acids is 1. The largest absolute Gasteiger partial charge is 0.497 e. The van der Waals surface area contributed by atoms with Crippen molar-refractivity contribution in [2.24, 2.45) is 0 Å². The van der Waals surface area contributed by atoms with Gasteiger partial charge in [0.2, 0.25) is 5.91 Å². The molecule has 1 N–H and O–H groups in total. The van der Waals surface area contributed by atoms with E-state index in [2.05, 4.69) is 20.6 Å². The van der Waals surface area contributed by atoms with Crippen LogP contribution in [0.1, 0.15) is 0 Å². The number of hydrogen-bond acceptors (Lipinski definition) is 7. The lowest BCUT2D eigenvalue weighted by molar-refractivity contribution is -0.113. The van der Waals surface area contributed by atoms with Crippen molar-refractivity contribution in [2.45, 2.75) is 5.03 Å². The summed E-state index contributed by atoms with van der Waals surface area (Å²) in [5.74, 6) is 1.59. The van der Waals surface area contributed by atoms with Crippen molar-refractivity contribution in [1.82, 2.24) is 19.8 Å². The average Bonchev–Trinajstić information content (AvgIpc) is 3.36. The van der Waals surface area contributed by atoms with Gasteiger partial charge in [-0.2, -0.15) is 9.61 Å². The second kappa shape index (κ2) is 7.77. The Morgan fingerprint density at radius 3 is 2.78 bits per heavy atom. The third-order valence-electron chi connectivity index (χ3n) is 3.70. The number of fused-ring (bicyclic) bond motifs is 1.